The molecule has 3 atom stereocenters. The second-order valence-corrected chi connectivity index (χ2v) is 5.80. The van der Waals surface area contributed by atoms with Crippen LogP contribution in [0, 0.1) is 11.8 Å². The van der Waals surface area contributed by atoms with Crippen LogP contribution in [-0.4, -0.2) is 28.3 Å². The molecule has 0 bridgehead atoms. The molecule has 0 amide bonds. The smallest absolute Gasteiger partial charge is 0.309 e. The molecule has 4 heteroatoms. The lowest BCUT2D eigenvalue weighted by molar-refractivity contribution is -0.144. The molecule has 0 aromatic carbocycles. The van der Waals surface area contributed by atoms with Crippen molar-refractivity contribution in [2.75, 3.05) is 12.9 Å². The number of ether oxygens (including phenoxy) is 1. The van der Waals surface area contributed by atoms with Gasteiger partial charge < -0.3 is 4.74 Å². The van der Waals surface area contributed by atoms with E-state index < -0.39 is 10.8 Å². The van der Waals surface area contributed by atoms with E-state index in [1.165, 1.54) is 7.11 Å². The van der Waals surface area contributed by atoms with Gasteiger partial charge in [0, 0.05) is 21.8 Å². The Morgan fingerprint density at radius 2 is 1.79 bits per heavy atom. The summed E-state index contributed by atoms with van der Waals surface area (Å²) in [6, 6.07) is 0. The van der Waals surface area contributed by atoms with Gasteiger partial charge in [-0.3, -0.25) is 9.00 Å². The first-order chi connectivity index (χ1) is 6.40. The average Bonchev–Trinajstić information content (AvgIpc) is 2.13. The highest BCUT2D eigenvalue weighted by atomic mass is 32.2. The van der Waals surface area contributed by atoms with E-state index >= 15 is 0 Å². The van der Waals surface area contributed by atoms with E-state index in [2.05, 4.69) is 4.74 Å². The van der Waals surface area contributed by atoms with Crippen molar-refractivity contribution in [2.45, 2.75) is 32.9 Å². The number of hydrogen-bond donors (Lipinski definition) is 0. The monoisotopic (exact) mass is 220 g/mol. The molecule has 0 aliphatic heterocycles. The van der Waals surface area contributed by atoms with Gasteiger partial charge in [0.05, 0.1) is 13.0 Å². The summed E-state index contributed by atoms with van der Waals surface area (Å²) >= 11 is 0. The summed E-state index contributed by atoms with van der Waals surface area (Å²) in [5.74, 6) is 0.458. The molecule has 0 N–H and O–H groups in total. The fraction of sp³-hybridized carbons (Fsp3) is 0.900. The molecule has 3 unspecified atom stereocenters. The van der Waals surface area contributed by atoms with Crippen LogP contribution in [0.5, 0.6) is 0 Å². The number of esters is 1. The van der Waals surface area contributed by atoms with Crippen molar-refractivity contribution in [1.29, 1.82) is 0 Å². The number of carbonyl (C=O) groups is 1. The van der Waals surface area contributed by atoms with Gasteiger partial charge in [0.25, 0.3) is 0 Å². The fourth-order valence-corrected chi connectivity index (χ4v) is 2.61. The summed E-state index contributed by atoms with van der Waals surface area (Å²) in [6.07, 6.45) is 0. The van der Waals surface area contributed by atoms with E-state index in [1.807, 2.05) is 20.8 Å². The second kappa shape index (κ2) is 6.17. The molecule has 0 saturated heterocycles. The Hall–Kier alpha value is -0.380. The average molecular weight is 220 g/mol. The zero-order chi connectivity index (χ0) is 11.3. The molecular formula is C10H20O3S. The Bertz CT molecular complexity index is 213. The summed E-state index contributed by atoms with van der Waals surface area (Å²) < 4.78 is 16.3. The third kappa shape index (κ3) is 4.22. The topological polar surface area (TPSA) is 43.4 Å². The molecule has 3 nitrogen and oxygen atoms in total. The number of rotatable bonds is 5. The van der Waals surface area contributed by atoms with Crippen LogP contribution in [0.1, 0.15) is 27.7 Å². The van der Waals surface area contributed by atoms with Gasteiger partial charge in [-0.25, -0.2) is 0 Å². The first-order valence-corrected chi connectivity index (χ1v) is 6.23. The molecule has 0 heterocycles. The predicted octanol–water partition coefficient (Wildman–Crippen LogP) is 1.59. The molecule has 0 fully saturated rings. The largest absolute Gasteiger partial charge is 0.469 e. The fourth-order valence-electron chi connectivity index (χ4n) is 1.09. The minimum absolute atomic E-state index is 0.134. The van der Waals surface area contributed by atoms with E-state index in [1.54, 1.807) is 6.92 Å². The van der Waals surface area contributed by atoms with Crippen molar-refractivity contribution in [2.24, 2.45) is 11.8 Å². The third-order valence-corrected chi connectivity index (χ3v) is 4.42. The van der Waals surface area contributed by atoms with Gasteiger partial charge in [-0.15, -0.1) is 0 Å². The Kier molecular flexibility index (Phi) is 6.00. The highest BCUT2D eigenvalue weighted by Gasteiger charge is 2.25. The lowest BCUT2D eigenvalue weighted by Gasteiger charge is -2.18. The van der Waals surface area contributed by atoms with Gasteiger partial charge in [-0.2, -0.15) is 0 Å². The quantitative estimate of drug-likeness (QED) is 0.661. The highest BCUT2D eigenvalue weighted by Crippen LogP contribution is 2.13. The van der Waals surface area contributed by atoms with Crippen molar-refractivity contribution in [3.63, 3.8) is 0 Å². The van der Waals surface area contributed by atoms with Crippen molar-refractivity contribution in [1.82, 2.24) is 0 Å². The van der Waals surface area contributed by atoms with Crippen molar-refractivity contribution < 1.29 is 13.7 Å². The Labute approximate surface area is 88.7 Å². The van der Waals surface area contributed by atoms with E-state index in [0.29, 0.717) is 11.7 Å². The van der Waals surface area contributed by atoms with Gasteiger partial charge in [-0.1, -0.05) is 20.8 Å². The summed E-state index contributed by atoms with van der Waals surface area (Å²) in [6.45, 7) is 7.63. The number of hydrogen-bond acceptors (Lipinski definition) is 3. The molecule has 0 radical (unpaired) electrons. The van der Waals surface area contributed by atoms with Gasteiger partial charge >= 0.3 is 5.97 Å². The zero-order valence-electron chi connectivity index (χ0n) is 9.57. The van der Waals surface area contributed by atoms with Crippen LogP contribution in [0.4, 0.5) is 0 Å². The maximum atomic E-state index is 11.7. The van der Waals surface area contributed by atoms with Crippen molar-refractivity contribution in [3.8, 4) is 0 Å². The molecular weight excluding hydrogens is 200 g/mol. The molecule has 84 valence electrons. The van der Waals surface area contributed by atoms with Crippen LogP contribution >= 0.6 is 0 Å². The number of carbonyl (C=O) groups excluding carboxylic acids is 1. The van der Waals surface area contributed by atoms with Crippen LogP contribution in [0.2, 0.25) is 0 Å². The molecule has 0 aliphatic rings. The molecule has 14 heavy (non-hydrogen) atoms. The maximum Gasteiger partial charge on any atom is 0.309 e. The van der Waals surface area contributed by atoms with Crippen molar-refractivity contribution in [3.05, 3.63) is 0 Å². The Balaban J connectivity index is 4.24. The first kappa shape index (κ1) is 13.6. The van der Waals surface area contributed by atoms with Crippen LogP contribution in [0.15, 0.2) is 0 Å². The molecule has 0 rings (SSSR count). The van der Waals surface area contributed by atoms with Gasteiger partial charge in [0.2, 0.25) is 0 Å². The number of methoxy groups -OCH3 is 1. The molecule has 0 aromatic rings. The summed E-state index contributed by atoms with van der Waals surface area (Å²) in [5.41, 5.74) is 0. The van der Waals surface area contributed by atoms with Crippen LogP contribution in [-0.2, 0) is 20.3 Å². The summed E-state index contributed by atoms with van der Waals surface area (Å²) in [7, 11) is 0.410. The molecule has 0 saturated carbocycles. The van der Waals surface area contributed by atoms with E-state index in [0.717, 1.165) is 0 Å². The van der Waals surface area contributed by atoms with Crippen molar-refractivity contribution >= 4 is 16.8 Å². The van der Waals surface area contributed by atoms with E-state index in [-0.39, 0.29) is 17.1 Å². The second-order valence-electron chi connectivity index (χ2n) is 3.96. The standard InChI is InChI=1S/C10H20O3S/c1-7(2)6-14(12)9(4)8(3)10(11)13-5/h7-9H,6H2,1-5H3. The molecule has 0 spiro atoms. The molecule has 0 aromatic heterocycles. The van der Waals surface area contributed by atoms with Gasteiger partial charge in [0.15, 0.2) is 0 Å². The Morgan fingerprint density at radius 1 is 1.29 bits per heavy atom. The van der Waals surface area contributed by atoms with Gasteiger partial charge in [-0.05, 0) is 12.8 Å². The lowest BCUT2D eigenvalue weighted by atomic mass is 10.1. The van der Waals surface area contributed by atoms with E-state index in [4.69, 9.17) is 0 Å². The first-order valence-electron chi connectivity index (χ1n) is 4.85. The zero-order valence-corrected chi connectivity index (χ0v) is 10.4. The summed E-state index contributed by atoms with van der Waals surface area (Å²) in [4.78, 5) is 11.2. The SMILES string of the molecule is COC(=O)C(C)C(C)S(=O)CC(C)C. The molecule has 0 aliphatic carbocycles. The minimum Gasteiger partial charge on any atom is -0.469 e. The third-order valence-electron chi connectivity index (χ3n) is 2.19. The lowest BCUT2D eigenvalue weighted by Crippen LogP contribution is -2.30. The predicted molar refractivity (Wildman–Crippen MR) is 58.5 cm³/mol. The van der Waals surface area contributed by atoms with Crippen LogP contribution < -0.4 is 0 Å². The Morgan fingerprint density at radius 3 is 2.14 bits per heavy atom. The van der Waals surface area contributed by atoms with Gasteiger partial charge in [0.1, 0.15) is 0 Å². The normalized spacial score (nSPS) is 17.6. The maximum absolute atomic E-state index is 11.7. The van der Waals surface area contributed by atoms with E-state index in [9.17, 15) is 9.00 Å². The van der Waals surface area contributed by atoms with Crippen LogP contribution in [0.25, 0.3) is 0 Å². The minimum atomic E-state index is -0.948. The van der Waals surface area contributed by atoms with Crippen LogP contribution in [0.3, 0.4) is 0 Å². The highest BCUT2D eigenvalue weighted by molar-refractivity contribution is 7.85. The summed E-state index contributed by atoms with van der Waals surface area (Å²) in [5, 5.41) is -0.134.